The van der Waals surface area contributed by atoms with Gasteiger partial charge in [0.15, 0.2) is 0 Å². The van der Waals surface area contributed by atoms with Crippen molar-refractivity contribution < 1.29 is 14.3 Å². The standard InChI is InChI=1S/C11H10N2O3S/c1-7-4-2-3-5-8(7)10-12-13-11(16-10)17-6-9(14)15/h2-5H,6H2,1H3,(H,14,15). The molecule has 0 fully saturated rings. The summed E-state index contributed by atoms with van der Waals surface area (Å²) < 4.78 is 5.38. The van der Waals surface area contributed by atoms with Gasteiger partial charge >= 0.3 is 5.97 Å². The molecule has 0 aliphatic rings. The Balaban J connectivity index is 2.18. The van der Waals surface area contributed by atoms with E-state index in [0.29, 0.717) is 5.89 Å². The lowest BCUT2D eigenvalue weighted by atomic mass is 10.1. The van der Waals surface area contributed by atoms with Gasteiger partial charge in [0, 0.05) is 5.56 Å². The molecule has 6 heteroatoms. The molecule has 0 bridgehead atoms. The lowest BCUT2D eigenvalue weighted by molar-refractivity contribution is -0.133. The molecule has 0 aliphatic carbocycles. The first-order valence-corrected chi connectivity index (χ1v) is 5.89. The van der Waals surface area contributed by atoms with E-state index in [0.717, 1.165) is 22.9 Å². The third-order valence-corrected chi connectivity index (χ3v) is 2.90. The number of aliphatic carboxylic acids is 1. The minimum Gasteiger partial charge on any atom is -0.481 e. The van der Waals surface area contributed by atoms with Gasteiger partial charge in [-0.1, -0.05) is 30.0 Å². The highest BCUT2D eigenvalue weighted by Gasteiger charge is 2.11. The highest BCUT2D eigenvalue weighted by Crippen LogP contribution is 2.25. The Morgan fingerprint density at radius 3 is 2.88 bits per heavy atom. The lowest BCUT2D eigenvalue weighted by Crippen LogP contribution is -1.97. The summed E-state index contributed by atoms with van der Waals surface area (Å²) in [5.74, 6) is -0.586. The van der Waals surface area contributed by atoms with Crippen molar-refractivity contribution >= 4 is 17.7 Å². The van der Waals surface area contributed by atoms with Crippen LogP contribution in [-0.2, 0) is 4.79 Å². The maximum atomic E-state index is 10.4. The van der Waals surface area contributed by atoms with Gasteiger partial charge in [0.25, 0.3) is 5.22 Å². The minimum absolute atomic E-state index is 0.0879. The van der Waals surface area contributed by atoms with Gasteiger partial charge in [0.05, 0.1) is 0 Å². The second-order valence-electron chi connectivity index (χ2n) is 3.37. The molecule has 0 spiro atoms. The minimum atomic E-state index is -0.911. The first-order valence-electron chi connectivity index (χ1n) is 4.91. The number of aromatic nitrogens is 2. The zero-order valence-electron chi connectivity index (χ0n) is 9.08. The van der Waals surface area contributed by atoms with Crippen LogP contribution >= 0.6 is 11.8 Å². The number of benzene rings is 1. The number of carboxylic acid groups (broad SMARTS) is 1. The Hall–Kier alpha value is -1.82. The molecular formula is C11H10N2O3S. The fourth-order valence-corrected chi connectivity index (χ4v) is 1.80. The summed E-state index contributed by atoms with van der Waals surface area (Å²) >= 11 is 1.01. The molecule has 1 heterocycles. The fourth-order valence-electron chi connectivity index (χ4n) is 1.31. The molecule has 0 saturated carbocycles. The average Bonchev–Trinajstić information content (AvgIpc) is 2.75. The SMILES string of the molecule is Cc1ccccc1-c1nnc(SCC(=O)O)o1. The number of rotatable bonds is 4. The molecule has 0 saturated heterocycles. The van der Waals surface area contributed by atoms with Crippen LogP contribution in [0.3, 0.4) is 0 Å². The second-order valence-corrected chi connectivity index (χ2v) is 4.30. The number of carboxylic acids is 1. The third-order valence-electron chi connectivity index (χ3n) is 2.10. The number of thioether (sulfide) groups is 1. The van der Waals surface area contributed by atoms with Gasteiger partial charge < -0.3 is 9.52 Å². The molecule has 0 amide bonds. The quantitative estimate of drug-likeness (QED) is 0.838. The van der Waals surface area contributed by atoms with E-state index in [4.69, 9.17) is 9.52 Å². The van der Waals surface area contributed by atoms with Gasteiger partial charge in [-0.2, -0.15) is 0 Å². The summed E-state index contributed by atoms with van der Waals surface area (Å²) in [6.07, 6.45) is 0. The molecule has 1 aromatic heterocycles. The van der Waals surface area contributed by atoms with Crippen molar-refractivity contribution in [3.8, 4) is 11.5 Å². The van der Waals surface area contributed by atoms with Crippen LogP contribution < -0.4 is 0 Å². The zero-order chi connectivity index (χ0) is 12.3. The van der Waals surface area contributed by atoms with Gasteiger partial charge in [-0.3, -0.25) is 4.79 Å². The van der Waals surface area contributed by atoms with Crippen LogP contribution in [0.4, 0.5) is 0 Å². The number of aryl methyl sites for hydroxylation is 1. The summed E-state index contributed by atoms with van der Waals surface area (Å²) in [4.78, 5) is 10.4. The van der Waals surface area contributed by atoms with E-state index < -0.39 is 5.97 Å². The van der Waals surface area contributed by atoms with Crippen LogP contribution in [0.25, 0.3) is 11.5 Å². The number of nitrogens with zero attached hydrogens (tertiary/aromatic N) is 2. The van der Waals surface area contributed by atoms with Gasteiger partial charge in [-0.25, -0.2) is 0 Å². The van der Waals surface area contributed by atoms with E-state index in [1.807, 2.05) is 31.2 Å². The molecule has 88 valence electrons. The first-order chi connectivity index (χ1) is 8.16. The van der Waals surface area contributed by atoms with Gasteiger partial charge in [0.1, 0.15) is 5.75 Å². The summed E-state index contributed by atoms with van der Waals surface area (Å²) in [5, 5.41) is 16.5. The van der Waals surface area contributed by atoms with Gasteiger partial charge in [-0.05, 0) is 18.6 Å². The molecule has 0 unspecified atom stereocenters. The van der Waals surface area contributed by atoms with Crippen LogP contribution in [0.2, 0.25) is 0 Å². The van der Waals surface area contributed by atoms with E-state index in [-0.39, 0.29) is 11.0 Å². The molecule has 17 heavy (non-hydrogen) atoms. The Labute approximate surface area is 102 Å². The molecule has 2 rings (SSSR count). The number of hydrogen-bond donors (Lipinski definition) is 1. The van der Waals surface area contributed by atoms with Crippen molar-refractivity contribution in [2.75, 3.05) is 5.75 Å². The lowest BCUT2D eigenvalue weighted by Gasteiger charge is -1.98. The van der Waals surface area contributed by atoms with Crippen LogP contribution in [0.15, 0.2) is 33.9 Å². The van der Waals surface area contributed by atoms with E-state index in [1.165, 1.54) is 0 Å². The van der Waals surface area contributed by atoms with E-state index in [1.54, 1.807) is 0 Å². The van der Waals surface area contributed by atoms with Crippen LogP contribution in [0.1, 0.15) is 5.56 Å². The number of carbonyl (C=O) groups is 1. The summed E-state index contributed by atoms with van der Waals surface area (Å²) in [6.45, 7) is 1.95. The highest BCUT2D eigenvalue weighted by molar-refractivity contribution is 7.99. The average molecular weight is 250 g/mol. The monoisotopic (exact) mass is 250 g/mol. The van der Waals surface area contributed by atoms with E-state index in [2.05, 4.69) is 10.2 Å². The maximum absolute atomic E-state index is 10.4. The molecule has 0 atom stereocenters. The molecule has 1 N–H and O–H groups in total. The maximum Gasteiger partial charge on any atom is 0.314 e. The van der Waals surface area contributed by atoms with Gasteiger partial charge in [0.2, 0.25) is 5.89 Å². The normalized spacial score (nSPS) is 10.4. The molecule has 5 nitrogen and oxygen atoms in total. The largest absolute Gasteiger partial charge is 0.481 e. The third kappa shape index (κ3) is 2.85. The van der Waals surface area contributed by atoms with E-state index >= 15 is 0 Å². The van der Waals surface area contributed by atoms with Crippen molar-refractivity contribution in [2.45, 2.75) is 12.1 Å². The highest BCUT2D eigenvalue weighted by atomic mass is 32.2. The van der Waals surface area contributed by atoms with Crippen LogP contribution in [0, 0.1) is 6.92 Å². The number of hydrogen-bond acceptors (Lipinski definition) is 5. The van der Waals surface area contributed by atoms with Crippen LogP contribution in [-0.4, -0.2) is 27.0 Å². The van der Waals surface area contributed by atoms with Gasteiger partial charge in [-0.15, -0.1) is 10.2 Å². The topological polar surface area (TPSA) is 76.2 Å². The van der Waals surface area contributed by atoms with Crippen molar-refractivity contribution in [3.63, 3.8) is 0 Å². The smallest absolute Gasteiger partial charge is 0.314 e. The predicted molar refractivity (Wildman–Crippen MR) is 62.8 cm³/mol. The molecule has 1 aromatic carbocycles. The summed E-state index contributed by atoms with van der Waals surface area (Å²) in [7, 11) is 0. The first kappa shape index (κ1) is 11.7. The second kappa shape index (κ2) is 5.01. The Morgan fingerprint density at radius 1 is 1.41 bits per heavy atom. The Bertz CT molecular complexity index is 539. The predicted octanol–water partition coefficient (Wildman–Crippen LogP) is 2.22. The van der Waals surface area contributed by atoms with Crippen molar-refractivity contribution in [2.24, 2.45) is 0 Å². The summed E-state index contributed by atoms with van der Waals surface area (Å²) in [5.41, 5.74) is 1.90. The van der Waals surface area contributed by atoms with Crippen molar-refractivity contribution in [1.29, 1.82) is 0 Å². The Kier molecular flexibility index (Phi) is 3.43. The Morgan fingerprint density at radius 2 is 2.18 bits per heavy atom. The van der Waals surface area contributed by atoms with Crippen LogP contribution in [0.5, 0.6) is 0 Å². The van der Waals surface area contributed by atoms with Crippen molar-refractivity contribution in [1.82, 2.24) is 10.2 Å². The molecular weight excluding hydrogens is 240 g/mol. The summed E-state index contributed by atoms with van der Waals surface area (Å²) in [6, 6.07) is 7.64. The fraction of sp³-hybridized carbons (Fsp3) is 0.182. The molecule has 0 aliphatic heterocycles. The van der Waals surface area contributed by atoms with E-state index in [9.17, 15) is 4.79 Å². The van der Waals surface area contributed by atoms with Crippen molar-refractivity contribution in [3.05, 3.63) is 29.8 Å². The molecule has 0 radical (unpaired) electrons. The molecule has 2 aromatic rings. The zero-order valence-corrected chi connectivity index (χ0v) is 9.90.